The normalized spacial score (nSPS) is 13.7. The number of aromatic nitrogens is 2. The third-order valence-corrected chi connectivity index (χ3v) is 6.28. The van der Waals surface area contributed by atoms with E-state index >= 15 is 0 Å². The Morgan fingerprint density at radius 2 is 1.89 bits per heavy atom. The Kier molecular flexibility index (Phi) is 6.61. The minimum atomic E-state index is -0.515. The van der Waals surface area contributed by atoms with Gasteiger partial charge in [0.05, 0.1) is 29.7 Å². The molecule has 2 N–H and O–H groups in total. The van der Waals surface area contributed by atoms with Gasteiger partial charge in [0.15, 0.2) is 5.69 Å². The number of amides is 1. The summed E-state index contributed by atoms with van der Waals surface area (Å²) in [5, 5.41) is 10.8. The summed E-state index contributed by atoms with van der Waals surface area (Å²) in [4.78, 5) is 16.7. The standard InChI is InChI=1S/C29H26FN5O/c1-19-15-27(35(34-19)24-10-6-9-23(17-24)31-2)29(36)33-26-16-22(13-14-25(26)30)28(32-18-20-11-12-20)21-7-4-3-5-8-21/h3-10,13-17,20,28,32H,11-12,18H2,1H3,(H,33,36). The van der Waals surface area contributed by atoms with Crippen LogP contribution in [-0.4, -0.2) is 22.2 Å². The Labute approximate surface area is 209 Å². The van der Waals surface area contributed by atoms with Crippen molar-refractivity contribution < 1.29 is 9.18 Å². The van der Waals surface area contributed by atoms with Crippen LogP contribution in [0.2, 0.25) is 0 Å². The van der Waals surface area contributed by atoms with Gasteiger partial charge in [-0.25, -0.2) is 13.9 Å². The first-order valence-corrected chi connectivity index (χ1v) is 12.0. The molecule has 0 spiro atoms. The van der Waals surface area contributed by atoms with Gasteiger partial charge < -0.3 is 10.6 Å². The van der Waals surface area contributed by atoms with Gasteiger partial charge in [0.2, 0.25) is 0 Å². The maximum atomic E-state index is 14.9. The van der Waals surface area contributed by atoms with Gasteiger partial charge in [-0.05, 0) is 73.7 Å². The highest BCUT2D eigenvalue weighted by molar-refractivity contribution is 6.03. The molecule has 6 nitrogen and oxygen atoms in total. The molecule has 1 unspecified atom stereocenters. The summed E-state index contributed by atoms with van der Waals surface area (Å²) in [6, 6.07) is 23.3. The van der Waals surface area contributed by atoms with E-state index < -0.39 is 11.7 Å². The van der Waals surface area contributed by atoms with Gasteiger partial charge in [0.25, 0.3) is 5.91 Å². The van der Waals surface area contributed by atoms with Gasteiger partial charge in [0.1, 0.15) is 11.5 Å². The van der Waals surface area contributed by atoms with Crippen molar-refractivity contribution in [2.24, 2.45) is 5.92 Å². The maximum absolute atomic E-state index is 14.9. The first kappa shape index (κ1) is 23.5. The van der Waals surface area contributed by atoms with Crippen LogP contribution >= 0.6 is 0 Å². The van der Waals surface area contributed by atoms with Crippen LogP contribution in [0, 0.1) is 25.2 Å². The molecule has 4 aromatic rings. The molecule has 1 atom stereocenters. The number of benzene rings is 3. The smallest absolute Gasteiger partial charge is 0.274 e. The molecule has 0 aliphatic heterocycles. The lowest BCUT2D eigenvalue weighted by atomic mass is 9.97. The molecular formula is C29H26FN5O. The fourth-order valence-corrected chi connectivity index (χ4v) is 4.24. The monoisotopic (exact) mass is 479 g/mol. The fourth-order valence-electron chi connectivity index (χ4n) is 4.24. The van der Waals surface area contributed by atoms with Gasteiger partial charge in [-0.3, -0.25) is 4.79 Å². The second-order valence-electron chi connectivity index (χ2n) is 9.10. The van der Waals surface area contributed by atoms with Crippen molar-refractivity contribution >= 4 is 17.3 Å². The second kappa shape index (κ2) is 10.1. The largest absolute Gasteiger partial charge is 0.318 e. The number of hydrogen-bond acceptors (Lipinski definition) is 3. The van der Waals surface area contributed by atoms with Crippen LogP contribution in [0.25, 0.3) is 10.5 Å². The van der Waals surface area contributed by atoms with Crippen molar-refractivity contribution in [3.63, 3.8) is 0 Å². The summed E-state index contributed by atoms with van der Waals surface area (Å²) in [7, 11) is 0. The summed E-state index contributed by atoms with van der Waals surface area (Å²) in [5.41, 5.74) is 3.97. The van der Waals surface area contributed by atoms with Crippen molar-refractivity contribution in [1.29, 1.82) is 0 Å². The molecule has 5 rings (SSSR count). The van der Waals surface area contributed by atoms with Crippen molar-refractivity contribution in [2.45, 2.75) is 25.8 Å². The number of nitrogens with zero attached hydrogens (tertiary/aromatic N) is 3. The number of hydrogen-bond donors (Lipinski definition) is 2. The quantitative estimate of drug-likeness (QED) is 0.295. The van der Waals surface area contributed by atoms with Crippen LogP contribution in [0.1, 0.15) is 46.2 Å². The van der Waals surface area contributed by atoms with E-state index in [0.717, 1.165) is 17.7 Å². The van der Waals surface area contributed by atoms with E-state index in [1.54, 1.807) is 49.4 Å². The van der Waals surface area contributed by atoms with Gasteiger partial charge in [-0.2, -0.15) is 5.10 Å². The third kappa shape index (κ3) is 5.19. The highest BCUT2D eigenvalue weighted by Crippen LogP contribution is 2.31. The predicted molar refractivity (Wildman–Crippen MR) is 138 cm³/mol. The molecule has 3 aromatic carbocycles. The average molecular weight is 480 g/mol. The van der Waals surface area contributed by atoms with E-state index in [-0.39, 0.29) is 17.4 Å². The number of carbonyl (C=O) groups is 1. The molecule has 0 radical (unpaired) electrons. The molecule has 1 aromatic heterocycles. The molecule has 180 valence electrons. The molecule has 7 heteroatoms. The summed E-state index contributed by atoms with van der Waals surface area (Å²) < 4.78 is 16.3. The van der Waals surface area contributed by atoms with Crippen LogP contribution < -0.4 is 10.6 Å². The number of nitrogens with one attached hydrogen (secondary N) is 2. The first-order valence-electron chi connectivity index (χ1n) is 12.0. The Balaban J connectivity index is 1.44. The summed E-state index contributed by atoms with van der Waals surface area (Å²) in [6.07, 6.45) is 2.45. The van der Waals surface area contributed by atoms with Crippen LogP contribution in [0.4, 0.5) is 15.8 Å². The molecule has 1 amide bonds. The van der Waals surface area contributed by atoms with Crippen molar-refractivity contribution in [1.82, 2.24) is 15.1 Å². The molecule has 1 heterocycles. The van der Waals surface area contributed by atoms with Crippen LogP contribution in [0.3, 0.4) is 0 Å². The maximum Gasteiger partial charge on any atom is 0.274 e. The number of anilines is 1. The summed E-state index contributed by atoms with van der Waals surface area (Å²) >= 11 is 0. The molecule has 0 bridgehead atoms. The van der Waals surface area contributed by atoms with Gasteiger partial charge >= 0.3 is 0 Å². The zero-order valence-electron chi connectivity index (χ0n) is 19.9. The minimum Gasteiger partial charge on any atom is -0.318 e. The van der Waals surface area contributed by atoms with E-state index in [0.29, 0.717) is 23.0 Å². The lowest BCUT2D eigenvalue weighted by molar-refractivity contribution is 0.101. The second-order valence-corrected chi connectivity index (χ2v) is 9.10. The van der Waals surface area contributed by atoms with Crippen LogP contribution in [0.15, 0.2) is 78.9 Å². The zero-order chi connectivity index (χ0) is 25.1. The van der Waals surface area contributed by atoms with Crippen molar-refractivity contribution in [3.05, 3.63) is 119 Å². The van der Waals surface area contributed by atoms with E-state index in [1.807, 2.05) is 30.3 Å². The molecule has 1 saturated carbocycles. The van der Waals surface area contributed by atoms with E-state index in [9.17, 15) is 9.18 Å². The van der Waals surface area contributed by atoms with Crippen molar-refractivity contribution in [3.8, 4) is 5.69 Å². The lowest BCUT2D eigenvalue weighted by Crippen LogP contribution is -2.25. The molecule has 1 aliphatic carbocycles. The van der Waals surface area contributed by atoms with E-state index in [4.69, 9.17) is 6.57 Å². The molecule has 0 saturated heterocycles. The predicted octanol–water partition coefficient (Wildman–Crippen LogP) is 6.21. The third-order valence-electron chi connectivity index (χ3n) is 6.28. The Hall–Kier alpha value is -4.28. The fraction of sp³-hybridized carbons (Fsp3) is 0.207. The highest BCUT2D eigenvalue weighted by Gasteiger charge is 2.24. The Morgan fingerprint density at radius 3 is 2.64 bits per heavy atom. The molecule has 1 aliphatic rings. The molecule has 36 heavy (non-hydrogen) atoms. The van der Waals surface area contributed by atoms with Crippen LogP contribution in [-0.2, 0) is 0 Å². The zero-order valence-corrected chi connectivity index (χ0v) is 19.9. The number of carbonyl (C=O) groups excluding carboxylic acids is 1. The van der Waals surface area contributed by atoms with Crippen molar-refractivity contribution in [2.75, 3.05) is 11.9 Å². The number of rotatable bonds is 8. The van der Waals surface area contributed by atoms with Crippen LogP contribution in [0.5, 0.6) is 0 Å². The SMILES string of the molecule is [C-]#[N+]c1cccc(-n2nc(C)cc2C(=O)Nc2cc(C(NCC3CC3)c3ccccc3)ccc2F)c1. The minimum absolute atomic E-state index is 0.104. The number of halogens is 1. The van der Waals surface area contributed by atoms with E-state index in [2.05, 4.69) is 20.6 Å². The van der Waals surface area contributed by atoms with Gasteiger partial charge in [0, 0.05) is 0 Å². The summed E-state index contributed by atoms with van der Waals surface area (Å²) in [5.74, 6) is -0.318. The van der Waals surface area contributed by atoms with E-state index in [1.165, 1.54) is 23.6 Å². The van der Waals surface area contributed by atoms with Gasteiger partial charge in [-0.15, -0.1) is 0 Å². The first-order chi connectivity index (χ1) is 17.5. The molecule has 1 fully saturated rings. The number of aryl methyl sites for hydroxylation is 1. The average Bonchev–Trinajstić information content (AvgIpc) is 3.65. The van der Waals surface area contributed by atoms with Gasteiger partial charge in [-0.1, -0.05) is 48.5 Å². The Morgan fingerprint density at radius 1 is 1.08 bits per heavy atom. The lowest BCUT2D eigenvalue weighted by Gasteiger charge is -2.21. The topological polar surface area (TPSA) is 63.3 Å². The molecular weight excluding hydrogens is 453 g/mol. The Bertz CT molecular complexity index is 1440. The highest BCUT2D eigenvalue weighted by atomic mass is 19.1. The summed E-state index contributed by atoms with van der Waals surface area (Å²) in [6.45, 7) is 9.93.